The molecule has 0 aliphatic carbocycles. The molecule has 1 heterocycles. The molecular formula is C13H19BrN2O. The highest BCUT2D eigenvalue weighted by Gasteiger charge is 2.37. The third-order valence-electron chi connectivity index (χ3n) is 3.63. The zero-order valence-corrected chi connectivity index (χ0v) is 12.0. The summed E-state index contributed by atoms with van der Waals surface area (Å²) < 4.78 is 6.88. The van der Waals surface area contributed by atoms with Gasteiger partial charge in [-0.15, -0.1) is 0 Å². The fourth-order valence-electron chi connectivity index (χ4n) is 2.53. The molecule has 0 saturated heterocycles. The van der Waals surface area contributed by atoms with Crippen molar-refractivity contribution in [3.63, 3.8) is 0 Å². The van der Waals surface area contributed by atoms with E-state index in [0.29, 0.717) is 6.54 Å². The first kappa shape index (κ1) is 12.9. The lowest BCUT2D eigenvalue weighted by Gasteiger charge is -2.39. The Balaban J connectivity index is 2.58. The van der Waals surface area contributed by atoms with Crippen LogP contribution in [-0.2, 0) is 5.54 Å². The number of hydrogen-bond donors (Lipinski definition) is 1. The van der Waals surface area contributed by atoms with Crippen LogP contribution in [0, 0.1) is 0 Å². The summed E-state index contributed by atoms with van der Waals surface area (Å²) in [5.41, 5.74) is 7.14. The molecule has 1 aromatic carbocycles. The molecule has 0 radical (unpaired) electrons. The summed E-state index contributed by atoms with van der Waals surface area (Å²) in [6.45, 7) is 1.37. The van der Waals surface area contributed by atoms with Gasteiger partial charge in [0.2, 0.25) is 0 Å². The number of benzene rings is 1. The van der Waals surface area contributed by atoms with Crippen LogP contribution in [-0.4, -0.2) is 32.1 Å². The quantitative estimate of drug-likeness (QED) is 0.911. The molecule has 2 N–H and O–H groups in total. The lowest BCUT2D eigenvalue weighted by Crippen LogP contribution is -2.47. The lowest BCUT2D eigenvalue weighted by atomic mass is 9.84. The molecule has 17 heavy (non-hydrogen) atoms. The number of rotatable bonds is 2. The van der Waals surface area contributed by atoms with E-state index in [1.807, 2.05) is 12.1 Å². The van der Waals surface area contributed by atoms with Gasteiger partial charge in [0.05, 0.1) is 12.1 Å². The fourth-order valence-corrected chi connectivity index (χ4v) is 2.89. The van der Waals surface area contributed by atoms with Crippen LogP contribution in [0.4, 0.5) is 0 Å². The fraction of sp³-hybridized carbons (Fsp3) is 0.538. The van der Waals surface area contributed by atoms with E-state index < -0.39 is 0 Å². The third-order valence-corrected chi connectivity index (χ3v) is 4.12. The van der Waals surface area contributed by atoms with Crippen molar-refractivity contribution in [2.45, 2.75) is 18.4 Å². The Morgan fingerprint density at radius 2 is 2.24 bits per heavy atom. The van der Waals surface area contributed by atoms with E-state index in [4.69, 9.17) is 10.5 Å². The van der Waals surface area contributed by atoms with Gasteiger partial charge in [-0.05, 0) is 45.1 Å². The predicted molar refractivity (Wildman–Crippen MR) is 73.3 cm³/mol. The summed E-state index contributed by atoms with van der Waals surface area (Å²) in [6, 6.07) is 6.17. The summed E-state index contributed by atoms with van der Waals surface area (Å²) in [6.07, 6.45) is 2.06. The zero-order chi connectivity index (χ0) is 12.5. The van der Waals surface area contributed by atoms with E-state index in [1.54, 1.807) is 0 Å². The van der Waals surface area contributed by atoms with Gasteiger partial charge >= 0.3 is 0 Å². The minimum atomic E-state index is -0.115. The number of hydrogen-bond acceptors (Lipinski definition) is 3. The van der Waals surface area contributed by atoms with Gasteiger partial charge in [-0.25, -0.2) is 0 Å². The average Bonchev–Trinajstić information content (AvgIpc) is 2.48. The molecule has 1 atom stereocenters. The Morgan fingerprint density at radius 3 is 2.88 bits per heavy atom. The first-order chi connectivity index (χ1) is 8.10. The van der Waals surface area contributed by atoms with Crippen molar-refractivity contribution < 1.29 is 4.74 Å². The van der Waals surface area contributed by atoms with E-state index in [1.165, 1.54) is 5.56 Å². The van der Waals surface area contributed by atoms with Crippen LogP contribution >= 0.6 is 15.9 Å². The first-order valence-electron chi connectivity index (χ1n) is 5.90. The minimum Gasteiger partial charge on any atom is -0.493 e. The molecule has 0 amide bonds. The SMILES string of the molecule is CN(C)C1(CN)CCCOc2ccc(Br)cc21. The molecule has 1 aliphatic rings. The van der Waals surface area contributed by atoms with Crippen LogP contribution in [0.2, 0.25) is 0 Å². The van der Waals surface area contributed by atoms with E-state index in [-0.39, 0.29) is 5.54 Å². The molecule has 1 unspecified atom stereocenters. The van der Waals surface area contributed by atoms with Crippen LogP contribution in [0.5, 0.6) is 5.75 Å². The predicted octanol–water partition coefficient (Wildman–Crippen LogP) is 2.34. The van der Waals surface area contributed by atoms with Crippen LogP contribution in [0.15, 0.2) is 22.7 Å². The topological polar surface area (TPSA) is 38.5 Å². The van der Waals surface area contributed by atoms with Crippen molar-refractivity contribution in [1.82, 2.24) is 4.90 Å². The Labute approximate surface area is 111 Å². The molecule has 0 fully saturated rings. The van der Waals surface area contributed by atoms with Crippen LogP contribution < -0.4 is 10.5 Å². The first-order valence-corrected chi connectivity index (χ1v) is 6.70. The smallest absolute Gasteiger partial charge is 0.124 e. The zero-order valence-electron chi connectivity index (χ0n) is 10.4. The van der Waals surface area contributed by atoms with Crippen molar-refractivity contribution in [3.8, 4) is 5.75 Å². The average molecular weight is 299 g/mol. The van der Waals surface area contributed by atoms with Gasteiger partial charge in [0.1, 0.15) is 5.75 Å². The van der Waals surface area contributed by atoms with E-state index in [2.05, 4.69) is 41.0 Å². The van der Waals surface area contributed by atoms with Crippen molar-refractivity contribution in [2.24, 2.45) is 5.73 Å². The molecule has 0 bridgehead atoms. The number of ether oxygens (including phenoxy) is 1. The molecule has 1 aromatic rings. The highest BCUT2D eigenvalue weighted by molar-refractivity contribution is 9.10. The van der Waals surface area contributed by atoms with Crippen molar-refractivity contribution in [2.75, 3.05) is 27.2 Å². The van der Waals surface area contributed by atoms with Crippen LogP contribution in [0.25, 0.3) is 0 Å². The molecular weight excluding hydrogens is 280 g/mol. The molecule has 94 valence electrons. The summed E-state index contributed by atoms with van der Waals surface area (Å²) in [5.74, 6) is 0.963. The molecule has 2 rings (SSSR count). The molecule has 4 heteroatoms. The van der Waals surface area contributed by atoms with Crippen LogP contribution in [0.3, 0.4) is 0 Å². The van der Waals surface area contributed by atoms with Gasteiger partial charge in [0, 0.05) is 16.6 Å². The highest BCUT2D eigenvalue weighted by atomic mass is 79.9. The van der Waals surface area contributed by atoms with Gasteiger partial charge < -0.3 is 10.5 Å². The second-order valence-electron chi connectivity index (χ2n) is 4.72. The summed E-state index contributed by atoms with van der Waals surface area (Å²) in [4.78, 5) is 2.22. The van der Waals surface area contributed by atoms with Gasteiger partial charge in [0.15, 0.2) is 0 Å². The van der Waals surface area contributed by atoms with Gasteiger partial charge in [-0.2, -0.15) is 0 Å². The maximum atomic E-state index is 6.06. The molecule has 0 spiro atoms. The Hall–Kier alpha value is -0.580. The van der Waals surface area contributed by atoms with Crippen molar-refractivity contribution >= 4 is 15.9 Å². The molecule has 0 aromatic heterocycles. The maximum absolute atomic E-state index is 6.06. The largest absolute Gasteiger partial charge is 0.493 e. The molecule has 3 nitrogen and oxygen atoms in total. The molecule has 0 saturated carbocycles. The summed E-state index contributed by atoms with van der Waals surface area (Å²) in [5, 5.41) is 0. The Bertz CT molecular complexity index is 408. The number of fused-ring (bicyclic) bond motifs is 1. The number of halogens is 1. The van der Waals surface area contributed by atoms with E-state index in [9.17, 15) is 0 Å². The van der Waals surface area contributed by atoms with E-state index in [0.717, 1.165) is 29.7 Å². The number of nitrogens with two attached hydrogens (primary N) is 1. The van der Waals surface area contributed by atoms with Gasteiger partial charge in [-0.3, -0.25) is 4.90 Å². The molecule has 1 aliphatic heterocycles. The van der Waals surface area contributed by atoms with E-state index >= 15 is 0 Å². The monoisotopic (exact) mass is 298 g/mol. The minimum absolute atomic E-state index is 0.115. The van der Waals surface area contributed by atoms with Crippen molar-refractivity contribution in [3.05, 3.63) is 28.2 Å². The normalized spacial score (nSPS) is 24.1. The van der Waals surface area contributed by atoms with Crippen LogP contribution in [0.1, 0.15) is 18.4 Å². The summed E-state index contributed by atoms with van der Waals surface area (Å²) in [7, 11) is 4.17. The Kier molecular flexibility index (Phi) is 3.76. The number of nitrogens with zero attached hydrogens (tertiary/aromatic N) is 1. The standard InChI is InChI=1S/C13H19BrN2O/c1-16(2)13(9-15)6-3-7-17-12-5-4-10(14)8-11(12)13/h4-5,8H,3,6-7,9,15H2,1-2H3. The van der Waals surface area contributed by atoms with Crippen molar-refractivity contribution in [1.29, 1.82) is 0 Å². The second-order valence-corrected chi connectivity index (χ2v) is 5.64. The highest BCUT2D eigenvalue weighted by Crippen LogP contribution is 2.40. The number of likely N-dealkylation sites (N-methyl/N-ethyl adjacent to an activating group) is 1. The second kappa shape index (κ2) is 4.96. The maximum Gasteiger partial charge on any atom is 0.124 e. The van der Waals surface area contributed by atoms with Gasteiger partial charge in [-0.1, -0.05) is 15.9 Å². The summed E-state index contributed by atoms with van der Waals surface area (Å²) >= 11 is 3.53. The third kappa shape index (κ3) is 2.21. The Morgan fingerprint density at radius 1 is 1.47 bits per heavy atom. The van der Waals surface area contributed by atoms with Gasteiger partial charge in [0.25, 0.3) is 0 Å². The lowest BCUT2D eigenvalue weighted by molar-refractivity contribution is 0.147.